The number of fused-ring (bicyclic) bond motifs is 1. The second-order valence-electron chi connectivity index (χ2n) is 5.87. The highest BCUT2D eigenvalue weighted by molar-refractivity contribution is 5.96. The Morgan fingerprint density at radius 2 is 1.88 bits per heavy atom. The predicted molar refractivity (Wildman–Crippen MR) is 100 cm³/mol. The summed E-state index contributed by atoms with van der Waals surface area (Å²) in [6.07, 6.45) is 2.62. The standard InChI is InChI=1S/C20H21N3O3/c1-26-16-7-8-18-17(11-16)15(12-22-18)9-10-21-19(24)13-23-20(25)14-5-3-2-4-6-14/h2-8,11-12,22H,9-10,13H2,1H3,(H,21,24)(H,23,25). The Morgan fingerprint density at radius 3 is 2.65 bits per heavy atom. The first-order chi connectivity index (χ1) is 12.7. The van der Waals surface area contributed by atoms with Crippen LogP contribution in [0.1, 0.15) is 15.9 Å². The molecule has 6 nitrogen and oxygen atoms in total. The molecule has 0 spiro atoms. The highest BCUT2D eigenvalue weighted by Gasteiger charge is 2.08. The van der Waals surface area contributed by atoms with Gasteiger partial charge in [0, 0.05) is 29.2 Å². The van der Waals surface area contributed by atoms with Gasteiger partial charge in [0.05, 0.1) is 13.7 Å². The molecule has 0 aliphatic rings. The normalized spacial score (nSPS) is 10.5. The lowest BCUT2D eigenvalue weighted by atomic mass is 10.1. The summed E-state index contributed by atoms with van der Waals surface area (Å²) in [7, 11) is 1.64. The van der Waals surface area contributed by atoms with E-state index in [1.165, 1.54) is 0 Å². The van der Waals surface area contributed by atoms with Gasteiger partial charge in [0.1, 0.15) is 5.75 Å². The van der Waals surface area contributed by atoms with Crippen molar-refractivity contribution in [2.75, 3.05) is 20.2 Å². The van der Waals surface area contributed by atoms with Crippen molar-refractivity contribution in [3.05, 3.63) is 65.9 Å². The Balaban J connectivity index is 1.47. The summed E-state index contributed by atoms with van der Waals surface area (Å²) >= 11 is 0. The van der Waals surface area contributed by atoms with Crippen LogP contribution < -0.4 is 15.4 Å². The van der Waals surface area contributed by atoms with Gasteiger partial charge in [0.2, 0.25) is 5.91 Å². The Morgan fingerprint density at radius 1 is 1.08 bits per heavy atom. The summed E-state index contributed by atoms with van der Waals surface area (Å²) < 4.78 is 5.26. The van der Waals surface area contributed by atoms with Crippen molar-refractivity contribution in [2.45, 2.75) is 6.42 Å². The molecule has 0 unspecified atom stereocenters. The zero-order valence-electron chi connectivity index (χ0n) is 14.5. The molecule has 6 heteroatoms. The zero-order chi connectivity index (χ0) is 18.4. The number of hydrogen-bond donors (Lipinski definition) is 3. The molecule has 1 aromatic heterocycles. The van der Waals surface area contributed by atoms with Crippen LogP contribution in [0.5, 0.6) is 5.75 Å². The van der Waals surface area contributed by atoms with E-state index in [0.29, 0.717) is 18.5 Å². The minimum Gasteiger partial charge on any atom is -0.497 e. The second-order valence-corrected chi connectivity index (χ2v) is 5.87. The van der Waals surface area contributed by atoms with Crippen LogP contribution in [0.3, 0.4) is 0 Å². The predicted octanol–water partition coefficient (Wildman–Crippen LogP) is 2.27. The number of rotatable bonds is 7. The Kier molecular flexibility index (Phi) is 5.53. The summed E-state index contributed by atoms with van der Waals surface area (Å²) in [6, 6.07) is 14.7. The first-order valence-electron chi connectivity index (χ1n) is 8.41. The molecule has 3 rings (SSSR count). The minimum absolute atomic E-state index is 0.0462. The smallest absolute Gasteiger partial charge is 0.251 e. The Bertz CT molecular complexity index is 903. The summed E-state index contributed by atoms with van der Waals surface area (Å²) in [5.41, 5.74) is 2.67. The number of nitrogens with one attached hydrogen (secondary N) is 3. The second kappa shape index (κ2) is 8.20. The molecule has 0 fully saturated rings. The lowest BCUT2D eigenvalue weighted by Gasteiger charge is -2.07. The molecule has 0 bridgehead atoms. The molecule has 134 valence electrons. The van der Waals surface area contributed by atoms with E-state index in [-0.39, 0.29) is 18.4 Å². The highest BCUT2D eigenvalue weighted by atomic mass is 16.5. The van der Waals surface area contributed by atoms with Gasteiger partial charge in [-0.2, -0.15) is 0 Å². The van der Waals surface area contributed by atoms with Crippen molar-refractivity contribution in [3.8, 4) is 5.75 Å². The average molecular weight is 351 g/mol. The number of aromatic nitrogens is 1. The van der Waals surface area contributed by atoms with Crippen LogP contribution in [-0.2, 0) is 11.2 Å². The number of carbonyl (C=O) groups excluding carboxylic acids is 2. The van der Waals surface area contributed by atoms with Crippen molar-refractivity contribution in [3.63, 3.8) is 0 Å². The van der Waals surface area contributed by atoms with Gasteiger partial charge in [-0.15, -0.1) is 0 Å². The van der Waals surface area contributed by atoms with E-state index in [1.807, 2.05) is 30.5 Å². The van der Waals surface area contributed by atoms with Crippen molar-refractivity contribution < 1.29 is 14.3 Å². The number of methoxy groups -OCH3 is 1. The summed E-state index contributed by atoms with van der Waals surface area (Å²) in [5, 5.41) is 6.52. The van der Waals surface area contributed by atoms with Crippen molar-refractivity contribution in [1.29, 1.82) is 0 Å². The Hall–Kier alpha value is -3.28. The minimum atomic E-state index is -0.260. The van der Waals surface area contributed by atoms with Gasteiger partial charge >= 0.3 is 0 Å². The van der Waals surface area contributed by atoms with Crippen LogP contribution in [-0.4, -0.2) is 37.0 Å². The summed E-state index contributed by atoms with van der Waals surface area (Å²) in [5.74, 6) is 0.321. The van der Waals surface area contributed by atoms with E-state index in [2.05, 4.69) is 15.6 Å². The van der Waals surface area contributed by atoms with E-state index in [4.69, 9.17) is 4.74 Å². The number of H-pyrrole nitrogens is 1. The third-order valence-electron chi connectivity index (χ3n) is 4.14. The maximum atomic E-state index is 11.9. The quantitative estimate of drug-likeness (QED) is 0.611. The van der Waals surface area contributed by atoms with Crippen molar-refractivity contribution >= 4 is 22.7 Å². The lowest BCUT2D eigenvalue weighted by molar-refractivity contribution is -0.120. The highest BCUT2D eigenvalue weighted by Crippen LogP contribution is 2.23. The fourth-order valence-corrected chi connectivity index (χ4v) is 2.74. The van der Waals surface area contributed by atoms with Crippen molar-refractivity contribution in [2.24, 2.45) is 0 Å². The lowest BCUT2D eigenvalue weighted by Crippen LogP contribution is -2.37. The SMILES string of the molecule is COc1ccc2[nH]cc(CCNC(=O)CNC(=O)c3ccccc3)c2c1. The van der Waals surface area contributed by atoms with Gasteiger partial charge in [-0.05, 0) is 42.3 Å². The van der Waals surface area contributed by atoms with Gasteiger partial charge in [-0.25, -0.2) is 0 Å². The van der Waals surface area contributed by atoms with E-state index in [1.54, 1.807) is 31.4 Å². The molecule has 26 heavy (non-hydrogen) atoms. The largest absolute Gasteiger partial charge is 0.497 e. The molecule has 2 aromatic carbocycles. The molecule has 0 atom stereocenters. The molecule has 0 aliphatic carbocycles. The van der Waals surface area contributed by atoms with Gasteiger partial charge in [0.15, 0.2) is 0 Å². The van der Waals surface area contributed by atoms with Crippen LogP contribution in [0.4, 0.5) is 0 Å². The maximum Gasteiger partial charge on any atom is 0.251 e. The number of aromatic amines is 1. The van der Waals surface area contributed by atoms with Crippen LogP contribution in [0, 0.1) is 0 Å². The molecule has 2 amide bonds. The van der Waals surface area contributed by atoms with Crippen LogP contribution >= 0.6 is 0 Å². The maximum absolute atomic E-state index is 11.9. The Labute approximate surface area is 151 Å². The summed E-state index contributed by atoms with van der Waals surface area (Å²) in [6.45, 7) is 0.444. The third kappa shape index (κ3) is 4.22. The first-order valence-corrected chi connectivity index (χ1v) is 8.41. The van der Waals surface area contributed by atoms with E-state index < -0.39 is 0 Å². The number of carbonyl (C=O) groups is 2. The topological polar surface area (TPSA) is 83.2 Å². The van der Waals surface area contributed by atoms with E-state index >= 15 is 0 Å². The number of amides is 2. The molecule has 0 aliphatic heterocycles. The summed E-state index contributed by atoms with van der Waals surface area (Å²) in [4.78, 5) is 27.0. The molecule has 0 radical (unpaired) electrons. The van der Waals surface area contributed by atoms with E-state index in [9.17, 15) is 9.59 Å². The van der Waals surface area contributed by atoms with Crippen molar-refractivity contribution in [1.82, 2.24) is 15.6 Å². The molecular weight excluding hydrogens is 330 g/mol. The van der Waals surface area contributed by atoms with Crippen LogP contribution in [0.25, 0.3) is 10.9 Å². The van der Waals surface area contributed by atoms with Gasteiger partial charge in [0.25, 0.3) is 5.91 Å². The zero-order valence-corrected chi connectivity index (χ0v) is 14.5. The number of ether oxygens (including phenoxy) is 1. The fourth-order valence-electron chi connectivity index (χ4n) is 2.74. The average Bonchev–Trinajstić information content (AvgIpc) is 3.09. The van der Waals surface area contributed by atoms with Gasteiger partial charge < -0.3 is 20.4 Å². The van der Waals surface area contributed by atoms with Crippen LogP contribution in [0.15, 0.2) is 54.7 Å². The molecule has 3 N–H and O–H groups in total. The number of benzene rings is 2. The fraction of sp³-hybridized carbons (Fsp3) is 0.200. The van der Waals surface area contributed by atoms with Crippen LogP contribution in [0.2, 0.25) is 0 Å². The molecule has 0 saturated carbocycles. The van der Waals surface area contributed by atoms with E-state index in [0.717, 1.165) is 22.2 Å². The van der Waals surface area contributed by atoms with Gasteiger partial charge in [-0.3, -0.25) is 9.59 Å². The first kappa shape index (κ1) is 17.5. The third-order valence-corrected chi connectivity index (χ3v) is 4.14. The monoisotopic (exact) mass is 351 g/mol. The molecular formula is C20H21N3O3. The molecule has 3 aromatic rings. The molecule has 1 heterocycles. The molecule has 0 saturated heterocycles. The number of hydrogen-bond acceptors (Lipinski definition) is 3. The van der Waals surface area contributed by atoms with Gasteiger partial charge in [-0.1, -0.05) is 18.2 Å².